The summed E-state index contributed by atoms with van der Waals surface area (Å²) in [6.07, 6.45) is -0.215. The standard InChI is InChI=1S/C21H21N3O4S/c1-13-7-3-4-8-14(13)16(11-19(25)26)22-20(27)17-12-29-21(24-17)23-15-9-5-6-10-18(15)28-2/h3-10,12,16H,11H2,1-2H3,(H,22,27)(H,23,24)(H,25,26). The number of nitrogens with one attached hydrogen (secondary N) is 2. The number of carboxylic acids is 1. The Morgan fingerprint density at radius 3 is 2.62 bits per heavy atom. The van der Waals surface area contributed by atoms with Crippen LogP contribution >= 0.6 is 11.3 Å². The van der Waals surface area contributed by atoms with Crippen LogP contribution in [0, 0.1) is 6.92 Å². The molecule has 0 bridgehead atoms. The number of anilines is 2. The summed E-state index contributed by atoms with van der Waals surface area (Å²) in [5, 5.41) is 17.3. The van der Waals surface area contributed by atoms with Gasteiger partial charge in [0.25, 0.3) is 5.91 Å². The average Bonchev–Trinajstić information content (AvgIpc) is 3.16. The van der Waals surface area contributed by atoms with Crippen molar-refractivity contribution in [2.45, 2.75) is 19.4 Å². The number of aliphatic carboxylic acids is 1. The minimum Gasteiger partial charge on any atom is -0.495 e. The molecule has 0 saturated heterocycles. The van der Waals surface area contributed by atoms with E-state index in [1.165, 1.54) is 11.3 Å². The van der Waals surface area contributed by atoms with Crippen LogP contribution in [0.25, 0.3) is 0 Å². The topological polar surface area (TPSA) is 101 Å². The van der Waals surface area contributed by atoms with Crippen molar-refractivity contribution >= 4 is 34.0 Å². The SMILES string of the molecule is COc1ccccc1Nc1nc(C(=O)NC(CC(=O)O)c2ccccc2C)cs1. The second-order valence-corrected chi connectivity index (χ2v) is 7.20. The normalized spacial score (nSPS) is 11.5. The number of hydrogen-bond acceptors (Lipinski definition) is 6. The molecule has 0 fully saturated rings. The molecule has 0 aliphatic rings. The van der Waals surface area contributed by atoms with Gasteiger partial charge >= 0.3 is 5.97 Å². The average molecular weight is 411 g/mol. The van der Waals surface area contributed by atoms with Crippen molar-refractivity contribution in [1.29, 1.82) is 0 Å². The molecule has 0 aliphatic carbocycles. The molecule has 1 atom stereocenters. The van der Waals surface area contributed by atoms with Gasteiger partial charge in [-0.05, 0) is 30.2 Å². The van der Waals surface area contributed by atoms with Crippen molar-refractivity contribution in [1.82, 2.24) is 10.3 Å². The summed E-state index contributed by atoms with van der Waals surface area (Å²) in [6.45, 7) is 1.88. The molecule has 7 nitrogen and oxygen atoms in total. The van der Waals surface area contributed by atoms with E-state index < -0.39 is 17.9 Å². The van der Waals surface area contributed by atoms with Crippen molar-refractivity contribution < 1.29 is 19.4 Å². The van der Waals surface area contributed by atoms with E-state index in [0.717, 1.165) is 16.8 Å². The predicted octanol–water partition coefficient (Wildman–Crippen LogP) is 4.15. The van der Waals surface area contributed by atoms with E-state index in [0.29, 0.717) is 10.9 Å². The zero-order chi connectivity index (χ0) is 20.8. The molecule has 150 valence electrons. The Morgan fingerprint density at radius 2 is 1.90 bits per heavy atom. The van der Waals surface area contributed by atoms with Crippen molar-refractivity contribution in [2.24, 2.45) is 0 Å². The summed E-state index contributed by atoms with van der Waals surface area (Å²) in [7, 11) is 1.58. The molecule has 2 aromatic carbocycles. The predicted molar refractivity (Wildman–Crippen MR) is 112 cm³/mol. The zero-order valence-corrected chi connectivity index (χ0v) is 16.8. The molecule has 0 saturated carbocycles. The van der Waals surface area contributed by atoms with Crippen molar-refractivity contribution in [3.63, 3.8) is 0 Å². The number of carbonyl (C=O) groups excluding carboxylic acids is 1. The molecule has 0 aliphatic heterocycles. The molecule has 1 unspecified atom stereocenters. The fourth-order valence-corrected chi connectivity index (χ4v) is 3.62. The van der Waals surface area contributed by atoms with Crippen LogP contribution in [-0.4, -0.2) is 29.1 Å². The number of aryl methyl sites for hydroxylation is 1. The highest BCUT2D eigenvalue weighted by atomic mass is 32.1. The second kappa shape index (κ2) is 9.20. The number of hydrogen-bond donors (Lipinski definition) is 3. The number of carboxylic acid groups (broad SMARTS) is 1. The third kappa shape index (κ3) is 5.11. The van der Waals surface area contributed by atoms with Crippen LogP contribution in [0.4, 0.5) is 10.8 Å². The van der Waals surface area contributed by atoms with Crippen LogP contribution in [-0.2, 0) is 4.79 Å². The van der Waals surface area contributed by atoms with Gasteiger partial charge in [0.05, 0.1) is 25.3 Å². The molecule has 29 heavy (non-hydrogen) atoms. The lowest BCUT2D eigenvalue weighted by Gasteiger charge is -2.18. The van der Waals surface area contributed by atoms with Crippen molar-refractivity contribution in [3.05, 3.63) is 70.7 Å². The summed E-state index contributed by atoms with van der Waals surface area (Å²) in [6, 6.07) is 14.1. The number of ether oxygens (including phenoxy) is 1. The van der Waals surface area contributed by atoms with Crippen molar-refractivity contribution in [3.8, 4) is 5.75 Å². The molecule has 1 amide bonds. The van der Waals surface area contributed by atoms with Gasteiger partial charge in [0, 0.05) is 5.38 Å². The lowest BCUT2D eigenvalue weighted by atomic mass is 9.98. The van der Waals surface area contributed by atoms with Gasteiger partial charge < -0.3 is 20.5 Å². The van der Waals surface area contributed by atoms with Crippen LogP contribution in [0.15, 0.2) is 53.9 Å². The summed E-state index contributed by atoms with van der Waals surface area (Å²) < 4.78 is 5.30. The van der Waals surface area contributed by atoms with Crippen LogP contribution in [0.2, 0.25) is 0 Å². The van der Waals surface area contributed by atoms with E-state index in [9.17, 15) is 14.7 Å². The van der Waals surface area contributed by atoms with Gasteiger partial charge in [-0.3, -0.25) is 9.59 Å². The Balaban J connectivity index is 1.76. The van der Waals surface area contributed by atoms with Crippen LogP contribution in [0.1, 0.15) is 34.1 Å². The number of rotatable bonds is 8. The Hall–Kier alpha value is -3.39. The molecular formula is C21H21N3O4S. The van der Waals surface area contributed by atoms with E-state index in [1.807, 2.05) is 55.5 Å². The molecule has 3 N–H and O–H groups in total. The van der Waals surface area contributed by atoms with Gasteiger partial charge in [0.15, 0.2) is 5.13 Å². The Morgan fingerprint density at radius 1 is 1.17 bits per heavy atom. The number of para-hydroxylation sites is 2. The third-order valence-corrected chi connectivity index (χ3v) is 5.09. The summed E-state index contributed by atoms with van der Waals surface area (Å²) in [5.41, 5.74) is 2.64. The van der Waals surface area contributed by atoms with Crippen molar-refractivity contribution in [2.75, 3.05) is 12.4 Å². The van der Waals surface area contributed by atoms with Gasteiger partial charge in [-0.2, -0.15) is 0 Å². The first-order valence-electron chi connectivity index (χ1n) is 8.91. The van der Waals surface area contributed by atoms with Gasteiger partial charge in [-0.1, -0.05) is 36.4 Å². The maximum Gasteiger partial charge on any atom is 0.305 e. The maximum atomic E-state index is 12.7. The highest BCUT2D eigenvalue weighted by Gasteiger charge is 2.21. The van der Waals surface area contributed by atoms with E-state index in [4.69, 9.17) is 4.74 Å². The minimum atomic E-state index is -0.990. The van der Waals surface area contributed by atoms with E-state index in [2.05, 4.69) is 15.6 Å². The van der Waals surface area contributed by atoms with Gasteiger partial charge in [-0.15, -0.1) is 11.3 Å². The minimum absolute atomic E-state index is 0.215. The highest BCUT2D eigenvalue weighted by Crippen LogP contribution is 2.29. The number of thiazole rings is 1. The fraction of sp³-hybridized carbons (Fsp3) is 0.190. The van der Waals surface area contributed by atoms with E-state index in [-0.39, 0.29) is 12.1 Å². The maximum absolute atomic E-state index is 12.7. The number of carbonyl (C=O) groups is 2. The van der Waals surface area contributed by atoms with E-state index in [1.54, 1.807) is 12.5 Å². The largest absolute Gasteiger partial charge is 0.495 e. The first kappa shape index (κ1) is 20.3. The first-order chi connectivity index (χ1) is 14.0. The highest BCUT2D eigenvalue weighted by molar-refractivity contribution is 7.14. The number of amides is 1. The van der Waals surface area contributed by atoms with Gasteiger partial charge in [0.2, 0.25) is 0 Å². The second-order valence-electron chi connectivity index (χ2n) is 6.34. The number of aromatic nitrogens is 1. The summed E-state index contributed by atoms with van der Waals surface area (Å²) in [5.74, 6) is -0.756. The fourth-order valence-electron chi connectivity index (χ4n) is 2.92. The zero-order valence-electron chi connectivity index (χ0n) is 16.0. The van der Waals surface area contributed by atoms with Gasteiger partial charge in [-0.25, -0.2) is 4.98 Å². The number of nitrogens with zero attached hydrogens (tertiary/aromatic N) is 1. The van der Waals surface area contributed by atoms with Crippen LogP contribution < -0.4 is 15.4 Å². The summed E-state index contributed by atoms with van der Waals surface area (Å²) >= 11 is 1.28. The molecule has 1 aromatic heterocycles. The first-order valence-corrected chi connectivity index (χ1v) is 9.79. The molecule has 1 heterocycles. The lowest BCUT2D eigenvalue weighted by Crippen LogP contribution is -2.30. The quantitative estimate of drug-likeness (QED) is 0.515. The smallest absolute Gasteiger partial charge is 0.305 e. The monoisotopic (exact) mass is 411 g/mol. The molecule has 0 radical (unpaired) electrons. The molecule has 3 rings (SSSR count). The molecule has 3 aromatic rings. The van der Waals surface area contributed by atoms with Gasteiger partial charge in [0.1, 0.15) is 11.4 Å². The van der Waals surface area contributed by atoms with Crippen LogP contribution in [0.5, 0.6) is 5.75 Å². The Kier molecular flexibility index (Phi) is 6.46. The Bertz CT molecular complexity index is 1020. The van der Waals surface area contributed by atoms with E-state index >= 15 is 0 Å². The molecule has 8 heteroatoms. The lowest BCUT2D eigenvalue weighted by molar-refractivity contribution is -0.137. The Labute approximate surface area is 172 Å². The third-order valence-electron chi connectivity index (χ3n) is 4.33. The number of benzene rings is 2. The van der Waals surface area contributed by atoms with Crippen LogP contribution in [0.3, 0.4) is 0 Å². The molecular weight excluding hydrogens is 390 g/mol. The molecule has 0 spiro atoms. The summed E-state index contributed by atoms with van der Waals surface area (Å²) in [4.78, 5) is 28.3. The number of methoxy groups -OCH3 is 1.